The van der Waals surface area contributed by atoms with Crippen LogP contribution in [0.3, 0.4) is 0 Å². The molecule has 7 aromatic carbocycles. The predicted molar refractivity (Wildman–Crippen MR) is 210 cm³/mol. The number of hydrogen-bond acceptors (Lipinski definition) is 4. The van der Waals surface area contributed by atoms with E-state index in [-0.39, 0.29) is 0 Å². The zero-order valence-electron chi connectivity index (χ0n) is 26.7. The molecule has 0 unspecified atom stereocenters. The van der Waals surface area contributed by atoms with E-state index in [2.05, 4.69) is 150 Å². The van der Waals surface area contributed by atoms with Gasteiger partial charge in [0.15, 0.2) is 11.5 Å². The molecule has 0 aliphatic rings. The molecule has 11 aromatic rings. The number of pyridine rings is 1. The van der Waals surface area contributed by atoms with E-state index >= 15 is 0 Å². The standard InChI is InChI=1S/C45H26N4S/c1-2-16-30-27(12-1)13-10-21-32(30)41-36-22-11-25-46-45(36)48-44(47-41)28-14-9-15-29(26-28)49-37-23-7-5-19-34(37)39-31-17-3-4-18-33(31)43-40(42(39)49)35-20-6-8-24-38(35)50-43/h1-26H. The van der Waals surface area contributed by atoms with Crippen molar-refractivity contribution in [1.29, 1.82) is 0 Å². The molecule has 0 fully saturated rings. The van der Waals surface area contributed by atoms with Crippen molar-refractivity contribution in [2.75, 3.05) is 0 Å². The van der Waals surface area contributed by atoms with Crippen LogP contribution in [0.4, 0.5) is 0 Å². The van der Waals surface area contributed by atoms with E-state index in [0.29, 0.717) is 11.5 Å². The van der Waals surface area contributed by atoms with Crippen molar-refractivity contribution in [3.05, 3.63) is 158 Å². The average molecular weight is 655 g/mol. The molecule has 0 saturated heterocycles. The molecule has 50 heavy (non-hydrogen) atoms. The number of hydrogen-bond donors (Lipinski definition) is 0. The normalized spacial score (nSPS) is 12.0. The second-order valence-corrected chi connectivity index (χ2v) is 13.8. The summed E-state index contributed by atoms with van der Waals surface area (Å²) in [5, 5.41) is 10.9. The molecular formula is C45H26N4S. The average Bonchev–Trinajstić information content (AvgIpc) is 3.74. The van der Waals surface area contributed by atoms with Gasteiger partial charge in [-0.15, -0.1) is 11.3 Å². The van der Waals surface area contributed by atoms with Gasteiger partial charge < -0.3 is 4.57 Å². The largest absolute Gasteiger partial charge is 0.309 e. The third-order valence-electron chi connectivity index (χ3n) is 10.0. The maximum Gasteiger partial charge on any atom is 0.163 e. The summed E-state index contributed by atoms with van der Waals surface area (Å²) in [4.78, 5) is 15.1. The van der Waals surface area contributed by atoms with Gasteiger partial charge in [0, 0.05) is 64.7 Å². The fourth-order valence-electron chi connectivity index (χ4n) is 7.90. The van der Waals surface area contributed by atoms with Crippen LogP contribution in [0.2, 0.25) is 0 Å². The van der Waals surface area contributed by atoms with Gasteiger partial charge in [0.25, 0.3) is 0 Å². The summed E-state index contributed by atoms with van der Waals surface area (Å²) in [6, 6.07) is 54.0. The van der Waals surface area contributed by atoms with E-state index < -0.39 is 0 Å². The Labute approximate surface area is 290 Å². The number of fused-ring (bicyclic) bond motifs is 12. The first-order valence-electron chi connectivity index (χ1n) is 16.8. The summed E-state index contributed by atoms with van der Waals surface area (Å²) in [7, 11) is 0. The molecule has 0 radical (unpaired) electrons. The fraction of sp³-hybridized carbons (Fsp3) is 0. The van der Waals surface area contributed by atoms with Crippen LogP contribution in [-0.2, 0) is 0 Å². The molecule has 232 valence electrons. The van der Waals surface area contributed by atoms with Crippen LogP contribution in [0, 0.1) is 0 Å². The maximum absolute atomic E-state index is 5.30. The zero-order valence-corrected chi connectivity index (χ0v) is 27.5. The molecule has 0 spiro atoms. The minimum Gasteiger partial charge on any atom is -0.309 e. The molecule has 4 nitrogen and oxygen atoms in total. The molecule has 5 heteroatoms. The molecule has 11 rings (SSSR count). The number of rotatable bonds is 3. The van der Waals surface area contributed by atoms with Crippen LogP contribution in [0.5, 0.6) is 0 Å². The minimum atomic E-state index is 0.651. The Morgan fingerprint density at radius 2 is 1.24 bits per heavy atom. The second-order valence-electron chi connectivity index (χ2n) is 12.8. The van der Waals surface area contributed by atoms with Crippen LogP contribution in [0.25, 0.3) is 103 Å². The van der Waals surface area contributed by atoms with Gasteiger partial charge in [-0.1, -0.05) is 115 Å². The molecular weight excluding hydrogens is 629 g/mol. The number of benzene rings is 7. The lowest BCUT2D eigenvalue weighted by molar-refractivity contribution is 1.17. The predicted octanol–water partition coefficient (Wildman–Crippen LogP) is 12.1. The van der Waals surface area contributed by atoms with Gasteiger partial charge in [0.2, 0.25) is 0 Å². The van der Waals surface area contributed by atoms with Crippen LogP contribution < -0.4 is 0 Å². The molecule has 4 aromatic heterocycles. The van der Waals surface area contributed by atoms with Crippen LogP contribution in [0.15, 0.2) is 158 Å². The van der Waals surface area contributed by atoms with Crippen molar-refractivity contribution >= 4 is 85.9 Å². The van der Waals surface area contributed by atoms with Crippen molar-refractivity contribution in [2.45, 2.75) is 0 Å². The molecule has 4 heterocycles. The highest BCUT2D eigenvalue weighted by molar-refractivity contribution is 7.27. The Balaban J connectivity index is 1.22. The number of thiophene rings is 1. The van der Waals surface area contributed by atoms with Crippen LogP contribution in [-0.4, -0.2) is 19.5 Å². The highest BCUT2D eigenvalue weighted by atomic mass is 32.1. The van der Waals surface area contributed by atoms with Gasteiger partial charge in [0.05, 0.1) is 16.7 Å². The highest BCUT2D eigenvalue weighted by Crippen LogP contribution is 2.48. The summed E-state index contributed by atoms with van der Waals surface area (Å²) < 4.78 is 5.06. The highest BCUT2D eigenvalue weighted by Gasteiger charge is 2.22. The van der Waals surface area contributed by atoms with Crippen molar-refractivity contribution in [3.63, 3.8) is 0 Å². The Morgan fingerprint density at radius 3 is 2.16 bits per heavy atom. The van der Waals surface area contributed by atoms with Gasteiger partial charge in [0.1, 0.15) is 0 Å². The summed E-state index contributed by atoms with van der Waals surface area (Å²) >= 11 is 1.88. The van der Waals surface area contributed by atoms with Crippen LogP contribution in [0.1, 0.15) is 0 Å². The lowest BCUT2D eigenvalue weighted by Crippen LogP contribution is -1.99. The Kier molecular flexibility index (Phi) is 5.80. The SMILES string of the molecule is c1cc(-c2nc(-c3cccc4ccccc34)c3cccnc3n2)cc(-n2c3ccccc3c3c4ccccc4c4sc5ccccc5c4c32)c1. The van der Waals surface area contributed by atoms with E-state index in [9.17, 15) is 0 Å². The third-order valence-corrected chi connectivity index (χ3v) is 11.2. The number of aromatic nitrogens is 4. The lowest BCUT2D eigenvalue weighted by Gasteiger charge is -2.13. The Morgan fingerprint density at radius 1 is 0.520 bits per heavy atom. The molecule has 0 atom stereocenters. The zero-order chi connectivity index (χ0) is 32.8. The van der Waals surface area contributed by atoms with Crippen molar-refractivity contribution in [3.8, 4) is 28.3 Å². The third kappa shape index (κ3) is 3.89. The van der Waals surface area contributed by atoms with Gasteiger partial charge in [-0.3, -0.25) is 0 Å². The Hall–Kier alpha value is -6.43. The first kappa shape index (κ1) is 27.5. The maximum atomic E-state index is 5.30. The van der Waals surface area contributed by atoms with E-state index in [1.807, 2.05) is 17.4 Å². The van der Waals surface area contributed by atoms with Gasteiger partial charge in [-0.05, 0) is 52.6 Å². The van der Waals surface area contributed by atoms with E-state index in [4.69, 9.17) is 15.0 Å². The monoisotopic (exact) mass is 654 g/mol. The van der Waals surface area contributed by atoms with Crippen molar-refractivity contribution in [1.82, 2.24) is 19.5 Å². The van der Waals surface area contributed by atoms with Gasteiger partial charge >= 0.3 is 0 Å². The summed E-state index contributed by atoms with van der Waals surface area (Å²) in [5.74, 6) is 0.651. The Bertz CT molecular complexity index is 3170. The lowest BCUT2D eigenvalue weighted by atomic mass is 9.99. The van der Waals surface area contributed by atoms with Crippen LogP contribution >= 0.6 is 11.3 Å². The molecule has 0 aliphatic carbocycles. The summed E-state index contributed by atoms with van der Waals surface area (Å²) in [5.41, 5.74) is 7.04. The van der Waals surface area contributed by atoms with E-state index in [1.165, 1.54) is 58.1 Å². The first-order valence-corrected chi connectivity index (χ1v) is 17.6. The van der Waals surface area contributed by atoms with Crippen molar-refractivity contribution < 1.29 is 0 Å². The molecule has 0 bridgehead atoms. The molecule has 0 amide bonds. The molecule has 0 aliphatic heterocycles. The summed E-state index contributed by atoms with van der Waals surface area (Å²) in [6.07, 6.45) is 1.81. The molecule has 0 saturated carbocycles. The van der Waals surface area contributed by atoms with Gasteiger partial charge in [-0.2, -0.15) is 0 Å². The first-order chi connectivity index (χ1) is 24.8. The minimum absolute atomic E-state index is 0.651. The van der Waals surface area contributed by atoms with Crippen molar-refractivity contribution in [2.24, 2.45) is 0 Å². The summed E-state index contributed by atoms with van der Waals surface area (Å²) in [6.45, 7) is 0. The second kappa shape index (κ2) is 10.5. The number of nitrogens with zero attached hydrogens (tertiary/aromatic N) is 4. The topological polar surface area (TPSA) is 43.6 Å². The smallest absolute Gasteiger partial charge is 0.163 e. The quantitative estimate of drug-likeness (QED) is 0.190. The number of para-hydroxylation sites is 1. The molecule has 0 N–H and O–H groups in total. The van der Waals surface area contributed by atoms with Gasteiger partial charge in [-0.25, -0.2) is 15.0 Å². The van der Waals surface area contributed by atoms with E-state index in [1.54, 1.807) is 6.20 Å². The fourth-order valence-corrected chi connectivity index (χ4v) is 9.14. The van der Waals surface area contributed by atoms with E-state index in [0.717, 1.165) is 33.3 Å².